The first-order valence-electron chi connectivity index (χ1n) is 13.9. The van der Waals surface area contributed by atoms with Crippen molar-refractivity contribution >= 4 is 22.7 Å². The molecule has 0 unspecified atom stereocenters. The molecule has 0 amide bonds. The molecule has 2 atom stereocenters. The summed E-state index contributed by atoms with van der Waals surface area (Å²) < 4.78 is 37.2. The van der Waals surface area contributed by atoms with E-state index in [1.54, 1.807) is 17.0 Å². The maximum atomic E-state index is 15.1. The Balaban J connectivity index is 1.18. The van der Waals surface area contributed by atoms with Crippen LogP contribution in [0.4, 0.5) is 20.4 Å². The van der Waals surface area contributed by atoms with E-state index in [-0.39, 0.29) is 12.1 Å². The maximum absolute atomic E-state index is 15.1. The van der Waals surface area contributed by atoms with Crippen molar-refractivity contribution in [1.82, 2.24) is 29.7 Å². The lowest BCUT2D eigenvalue weighted by atomic mass is 10.1. The summed E-state index contributed by atoms with van der Waals surface area (Å²) in [7, 11) is 0. The van der Waals surface area contributed by atoms with Crippen LogP contribution >= 0.6 is 0 Å². The molecule has 40 heavy (non-hydrogen) atoms. The summed E-state index contributed by atoms with van der Waals surface area (Å²) in [6, 6.07) is 13.8. The number of nitrogens with zero attached hydrogens (tertiary/aromatic N) is 5. The minimum atomic E-state index is -0.569. The van der Waals surface area contributed by atoms with Gasteiger partial charge in [0.25, 0.3) is 0 Å². The second-order valence-corrected chi connectivity index (χ2v) is 10.8. The van der Waals surface area contributed by atoms with Gasteiger partial charge in [0.2, 0.25) is 5.95 Å². The van der Waals surface area contributed by atoms with Crippen LogP contribution in [0.3, 0.4) is 0 Å². The first-order chi connectivity index (χ1) is 19.4. The molecule has 0 radical (unpaired) electrons. The van der Waals surface area contributed by atoms with Crippen molar-refractivity contribution in [1.29, 1.82) is 0 Å². The van der Waals surface area contributed by atoms with Crippen LogP contribution in [-0.2, 0) is 17.8 Å². The molecule has 2 aromatic heterocycles. The lowest BCUT2D eigenvalue weighted by Gasteiger charge is -2.37. The number of halogens is 2. The third-order valence-electron chi connectivity index (χ3n) is 7.81. The van der Waals surface area contributed by atoms with Crippen molar-refractivity contribution < 1.29 is 13.5 Å². The van der Waals surface area contributed by atoms with Crippen LogP contribution in [0.2, 0.25) is 0 Å². The number of benzene rings is 2. The third-order valence-corrected chi connectivity index (χ3v) is 7.81. The molecule has 2 saturated heterocycles. The Bertz CT molecular complexity index is 1450. The number of hydrogen-bond donors (Lipinski definition) is 2. The van der Waals surface area contributed by atoms with Crippen molar-refractivity contribution in [3.8, 4) is 5.69 Å². The SMILES string of the molecule is C[C@@H]1CN(Cc2ccc(Nc3ncc4ccn(-c5cc(F)c(CN6CCOCC6)c(F)c5)c4n3)cc2)[C@@H](C)CN1. The van der Waals surface area contributed by atoms with Gasteiger partial charge in [-0.05, 0) is 49.7 Å². The highest BCUT2D eigenvalue weighted by Crippen LogP contribution is 2.25. The molecule has 2 aromatic carbocycles. The molecule has 10 heteroatoms. The van der Waals surface area contributed by atoms with Crippen LogP contribution in [0.5, 0.6) is 0 Å². The van der Waals surface area contributed by atoms with E-state index in [2.05, 4.69) is 51.5 Å². The van der Waals surface area contributed by atoms with Crippen molar-refractivity contribution in [3.63, 3.8) is 0 Å². The monoisotopic (exact) mass is 547 g/mol. The molecule has 2 fully saturated rings. The lowest BCUT2D eigenvalue weighted by Crippen LogP contribution is -2.53. The van der Waals surface area contributed by atoms with E-state index >= 15 is 8.78 Å². The third kappa shape index (κ3) is 5.85. The molecule has 0 bridgehead atoms. The van der Waals surface area contributed by atoms with Crippen LogP contribution in [0.25, 0.3) is 16.7 Å². The molecule has 2 aliphatic rings. The first kappa shape index (κ1) is 26.8. The number of ether oxygens (including phenoxy) is 1. The maximum Gasteiger partial charge on any atom is 0.229 e. The Labute approximate surface area is 233 Å². The van der Waals surface area contributed by atoms with Gasteiger partial charge in [-0.2, -0.15) is 4.98 Å². The summed E-state index contributed by atoms with van der Waals surface area (Å²) in [6.45, 7) is 10.1. The number of rotatable bonds is 7. The fraction of sp³-hybridized carbons (Fsp3) is 0.400. The van der Waals surface area contributed by atoms with E-state index in [9.17, 15) is 0 Å². The Kier molecular flexibility index (Phi) is 7.75. The lowest BCUT2D eigenvalue weighted by molar-refractivity contribution is 0.0332. The summed E-state index contributed by atoms with van der Waals surface area (Å²) in [5, 5.41) is 7.56. The summed E-state index contributed by atoms with van der Waals surface area (Å²) >= 11 is 0. The smallest absolute Gasteiger partial charge is 0.229 e. The fourth-order valence-electron chi connectivity index (χ4n) is 5.42. The highest BCUT2D eigenvalue weighted by Gasteiger charge is 2.22. The molecule has 2 aliphatic heterocycles. The van der Waals surface area contributed by atoms with E-state index in [0.29, 0.717) is 55.7 Å². The van der Waals surface area contributed by atoms with Crippen LogP contribution in [-0.4, -0.2) is 75.8 Å². The minimum absolute atomic E-state index is 0.0727. The molecule has 0 spiro atoms. The van der Waals surface area contributed by atoms with Crippen LogP contribution in [0.1, 0.15) is 25.0 Å². The largest absolute Gasteiger partial charge is 0.379 e. The highest BCUT2D eigenvalue weighted by atomic mass is 19.1. The normalized spacial score (nSPS) is 20.7. The zero-order valence-electron chi connectivity index (χ0n) is 22.9. The van der Waals surface area contributed by atoms with Crippen molar-refractivity contribution in [2.24, 2.45) is 0 Å². The molecule has 0 aliphatic carbocycles. The fourth-order valence-corrected chi connectivity index (χ4v) is 5.42. The number of hydrogen-bond acceptors (Lipinski definition) is 7. The van der Waals surface area contributed by atoms with Gasteiger partial charge < -0.3 is 19.9 Å². The summed E-state index contributed by atoms with van der Waals surface area (Å²) in [5.41, 5.74) is 3.13. The van der Waals surface area contributed by atoms with Gasteiger partial charge in [-0.25, -0.2) is 13.8 Å². The van der Waals surface area contributed by atoms with Crippen molar-refractivity contribution in [2.45, 2.75) is 39.0 Å². The Morgan fingerprint density at radius 3 is 2.52 bits per heavy atom. The van der Waals surface area contributed by atoms with Gasteiger partial charge in [-0.1, -0.05) is 12.1 Å². The number of aromatic nitrogens is 3. The quantitative estimate of drug-likeness (QED) is 0.354. The Morgan fingerprint density at radius 1 is 1.02 bits per heavy atom. The number of piperazine rings is 1. The van der Waals surface area contributed by atoms with Crippen molar-refractivity contribution in [3.05, 3.63) is 77.6 Å². The van der Waals surface area contributed by atoms with Crippen LogP contribution < -0.4 is 10.6 Å². The zero-order chi connectivity index (χ0) is 27.6. The highest BCUT2D eigenvalue weighted by molar-refractivity contribution is 5.78. The van der Waals surface area contributed by atoms with E-state index < -0.39 is 11.6 Å². The number of fused-ring (bicyclic) bond motifs is 1. The molecule has 210 valence electrons. The molecule has 6 rings (SSSR count). The molecule has 0 saturated carbocycles. The van der Waals surface area contributed by atoms with E-state index in [4.69, 9.17) is 4.74 Å². The van der Waals surface area contributed by atoms with Crippen LogP contribution in [0.15, 0.2) is 54.9 Å². The molecule has 8 nitrogen and oxygen atoms in total. The molecular weight excluding hydrogens is 512 g/mol. The standard InChI is InChI=1S/C30H35F2N7O/c1-20-17-38(21(2)15-33-20)18-22-3-5-24(6-4-22)35-30-34-16-23-7-8-39(29(23)36-30)25-13-27(31)26(28(32)14-25)19-37-9-11-40-12-10-37/h3-8,13-14,16,20-21,33H,9-12,15,17-19H2,1-2H3,(H,34,35,36)/t20-,21+/m1/s1. The van der Waals surface area contributed by atoms with Gasteiger partial charge >= 0.3 is 0 Å². The summed E-state index contributed by atoms with van der Waals surface area (Å²) in [4.78, 5) is 13.6. The number of morpholine rings is 1. The second-order valence-electron chi connectivity index (χ2n) is 10.8. The predicted octanol–water partition coefficient (Wildman–Crippen LogP) is 4.46. The predicted molar refractivity (Wildman–Crippen MR) is 152 cm³/mol. The van der Waals surface area contributed by atoms with E-state index in [1.807, 2.05) is 23.1 Å². The van der Waals surface area contributed by atoms with Crippen LogP contribution in [0, 0.1) is 11.6 Å². The topological polar surface area (TPSA) is 70.5 Å². The number of anilines is 2. The molecule has 2 N–H and O–H groups in total. The Hall–Kier alpha value is -3.44. The van der Waals surface area contributed by atoms with E-state index in [1.165, 1.54) is 17.7 Å². The second kappa shape index (κ2) is 11.6. The van der Waals surface area contributed by atoms with Gasteiger partial charge in [0, 0.05) is 80.4 Å². The summed E-state index contributed by atoms with van der Waals surface area (Å²) in [6.07, 6.45) is 3.47. The molecule has 4 aromatic rings. The number of nitrogens with one attached hydrogen (secondary N) is 2. The minimum Gasteiger partial charge on any atom is -0.379 e. The van der Waals surface area contributed by atoms with Gasteiger partial charge in [-0.3, -0.25) is 9.80 Å². The van der Waals surface area contributed by atoms with Crippen molar-refractivity contribution in [2.75, 3.05) is 44.7 Å². The van der Waals surface area contributed by atoms with Gasteiger partial charge in [0.1, 0.15) is 17.3 Å². The van der Waals surface area contributed by atoms with E-state index in [0.717, 1.165) is 30.7 Å². The Morgan fingerprint density at radius 2 is 1.77 bits per heavy atom. The molecular formula is C30H35F2N7O. The average Bonchev–Trinajstić information content (AvgIpc) is 3.38. The zero-order valence-corrected chi connectivity index (χ0v) is 22.9. The van der Waals surface area contributed by atoms with Gasteiger partial charge in [0.05, 0.1) is 18.9 Å². The summed E-state index contributed by atoms with van der Waals surface area (Å²) in [5.74, 6) is -0.726. The average molecular weight is 548 g/mol. The van der Waals surface area contributed by atoms with Gasteiger partial charge in [-0.15, -0.1) is 0 Å². The molecule has 4 heterocycles. The van der Waals surface area contributed by atoms with Gasteiger partial charge in [0.15, 0.2) is 0 Å². The first-order valence-corrected chi connectivity index (χ1v) is 13.9.